The van der Waals surface area contributed by atoms with Gasteiger partial charge in [-0.3, -0.25) is 14.7 Å². The van der Waals surface area contributed by atoms with Gasteiger partial charge in [-0.25, -0.2) is 9.78 Å². The zero-order valence-electron chi connectivity index (χ0n) is 10.4. The zero-order chi connectivity index (χ0) is 14.7. The molecule has 0 aliphatic heterocycles. The van der Waals surface area contributed by atoms with Gasteiger partial charge in [0, 0.05) is 23.5 Å². The van der Waals surface area contributed by atoms with Crippen molar-refractivity contribution in [2.45, 2.75) is 6.92 Å². The summed E-state index contributed by atoms with van der Waals surface area (Å²) in [4.78, 5) is 26.1. The number of nitro benzene ring substituents is 1. The molecule has 1 aromatic carbocycles. The molecule has 7 nitrogen and oxygen atoms in total. The summed E-state index contributed by atoms with van der Waals surface area (Å²) >= 11 is 5.75. The first-order valence-corrected chi connectivity index (χ1v) is 6.07. The first kappa shape index (κ1) is 14.0. The maximum absolute atomic E-state index is 11.7. The van der Waals surface area contributed by atoms with Crippen molar-refractivity contribution >= 4 is 23.3 Å². The second kappa shape index (κ2) is 5.70. The molecule has 0 saturated carbocycles. The molecule has 2 aromatic rings. The van der Waals surface area contributed by atoms with Crippen LogP contribution in [0.5, 0.6) is 0 Å². The second-order valence-corrected chi connectivity index (χ2v) is 4.17. The van der Waals surface area contributed by atoms with Crippen LogP contribution in [0.2, 0.25) is 5.02 Å². The largest absolute Gasteiger partial charge is 0.460 e. The number of nitrogens with zero attached hydrogens (tertiary/aromatic N) is 3. The van der Waals surface area contributed by atoms with Gasteiger partial charge in [-0.05, 0) is 19.1 Å². The molecule has 104 valence electrons. The molecule has 0 radical (unpaired) electrons. The van der Waals surface area contributed by atoms with Crippen molar-refractivity contribution in [1.82, 2.24) is 9.55 Å². The molecule has 0 aliphatic carbocycles. The van der Waals surface area contributed by atoms with E-state index in [0.717, 1.165) is 0 Å². The van der Waals surface area contributed by atoms with Gasteiger partial charge < -0.3 is 4.74 Å². The highest BCUT2D eigenvalue weighted by molar-refractivity contribution is 6.30. The maximum atomic E-state index is 11.7. The number of carbonyl (C=O) groups is 1. The van der Waals surface area contributed by atoms with Crippen LogP contribution in [0.25, 0.3) is 5.69 Å². The van der Waals surface area contributed by atoms with Crippen LogP contribution in [0.15, 0.2) is 30.6 Å². The molecule has 0 atom stereocenters. The topological polar surface area (TPSA) is 87.3 Å². The van der Waals surface area contributed by atoms with E-state index in [1.54, 1.807) is 6.92 Å². The first-order chi connectivity index (χ1) is 9.54. The van der Waals surface area contributed by atoms with Gasteiger partial charge in [0.15, 0.2) is 0 Å². The summed E-state index contributed by atoms with van der Waals surface area (Å²) in [6, 6.07) is 4.16. The quantitative estimate of drug-likeness (QED) is 0.491. The molecule has 20 heavy (non-hydrogen) atoms. The zero-order valence-corrected chi connectivity index (χ0v) is 11.2. The average Bonchev–Trinajstić information content (AvgIpc) is 2.88. The summed E-state index contributed by atoms with van der Waals surface area (Å²) < 4.78 is 6.15. The molecule has 0 aliphatic rings. The van der Waals surface area contributed by atoms with E-state index in [0.29, 0.717) is 0 Å². The lowest BCUT2D eigenvalue weighted by Crippen LogP contribution is -2.13. The van der Waals surface area contributed by atoms with Gasteiger partial charge in [0.1, 0.15) is 5.69 Å². The minimum absolute atomic E-state index is 0.0303. The van der Waals surface area contributed by atoms with Crippen LogP contribution in [-0.4, -0.2) is 27.1 Å². The molecule has 0 spiro atoms. The van der Waals surface area contributed by atoms with Crippen molar-refractivity contribution in [1.29, 1.82) is 0 Å². The number of benzene rings is 1. The summed E-state index contributed by atoms with van der Waals surface area (Å²) in [7, 11) is 0. The Morgan fingerprint density at radius 1 is 1.55 bits per heavy atom. The van der Waals surface area contributed by atoms with Crippen molar-refractivity contribution in [2.24, 2.45) is 0 Å². The minimum Gasteiger partial charge on any atom is -0.460 e. The third-order valence-corrected chi connectivity index (χ3v) is 2.73. The lowest BCUT2D eigenvalue weighted by molar-refractivity contribution is -0.384. The molecule has 2 rings (SSSR count). The average molecular weight is 296 g/mol. The van der Waals surface area contributed by atoms with Crippen LogP contribution < -0.4 is 0 Å². The first-order valence-electron chi connectivity index (χ1n) is 5.69. The van der Waals surface area contributed by atoms with Crippen LogP contribution >= 0.6 is 11.6 Å². The molecule has 0 saturated heterocycles. The van der Waals surface area contributed by atoms with Crippen LogP contribution in [0.1, 0.15) is 17.5 Å². The predicted octanol–water partition coefficient (Wildman–Crippen LogP) is 2.61. The number of hydrogen-bond acceptors (Lipinski definition) is 5. The molecule has 0 N–H and O–H groups in total. The molecule has 8 heteroatoms. The van der Waals surface area contributed by atoms with Crippen molar-refractivity contribution in [3.8, 4) is 5.69 Å². The van der Waals surface area contributed by atoms with E-state index in [2.05, 4.69) is 4.98 Å². The number of rotatable bonds is 4. The minimum atomic E-state index is -0.651. The maximum Gasteiger partial charge on any atom is 0.374 e. The van der Waals surface area contributed by atoms with Crippen molar-refractivity contribution < 1.29 is 14.5 Å². The molecule has 0 unspecified atom stereocenters. The smallest absolute Gasteiger partial charge is 0.374 e. The molecule has 0 amide bonds. The Labute approximate surface area is 118 Å². The van der Waals surface area contributed by atoms with Gasteiger partial charge in [-0.1, -0.05) is 11.6 Å². The fourth-order valence-electron chi connectivity index (χ4n) is 1.69. The standard InChI is InChI=1S/C12H10ClN3O4/c1-2-20-12(17)11-14-5-6-15(11)9-4-3-8(13)7-10(9)16(18)19/h3-7H,2H2,1H3. The normalized spacial score (nSPS) is 10.3. The highest BCUT2D eigenvalue weighted by Gasteiger charge is 2.21. The summed E-state index contributed by atoms with van der Waals surface area (Å²) in [6.07, 6.45) is 2.81. The SMILES string of the molecule is CCOC(=O)c1nccn1-c1ccc(Cl)cc1[N+](=O)[O-]. The van der Waals surface area contributed by atoms with Gasteiger partial charge in [-0.15, -0.1) is 0 Å². The van der Waals surface area contributed by atoms with E-state index >= 15 is 0 Å². The van der Waals surface area contributed by atoms with Crippen LogP contribution in [0.4, 0.5) is 5.69 Å². The van der Waals surface area contributed by atoms with E-state index in [1.807, 2.05) is 0 Å². The summed E-state index contributed by atoms with van der Waals surface area (Å²) in [6.45, 7) is 1.85. The lowest BCUT2D eigenvalue weighted by atomic mass is 10.2. The van der Waals surface area contributed by atoms with Gasteiger partial charge in [0.05, 0.1) is 11.5 Å². The fourth-order valence-corrected chi connectivity index (χ4v) is 1.86. The van der Waals surface area contributed by atoms with Crippen LogP contribution in [0.3, 0.4) is 0 Å². The third kappa shape index (κ3) is 2.62. The monoisotopic (exact) mass is 295 g/mol. The van der Waals surface area contributed by atoms with Gasteiger partial charge in [0.25, 0.3) is 5.69 Å². The fraction of sp³-hybridized carbons (Fsp3) is 0.167. The Bertz CT molecular complexity index is 668. The summed E-state index contributed by atoms with van der Waals surface area (Å²) in [5.74, 6) is -0.681. The number of carbonyl (C=O) groups excluding carboxylic acids is 1. The highest BCUT2D eigenvalue weighted by atomic mass is 35.5. The van der Waals surface area contributed by atoms with Crippen LogP contribution in [-0.2, 0) is 4.74 Å². The number of imidazole rings is 1. The number of halogens is 1. The molecule has 0 bridgehead atoms. The lowest BCUT2D eigenvalue weighted by Gasteiger charge is -2.08. The third-order valence-electron chi connectivity index (χ3n) is 2.49. The van der Waals surface area contributed by atoms with Gasteiger partial charge in [-0.2, -0.15) is 0 Å². The van der Waals surface area contributed by atoms with E-state index in [4.69, 9.17) is 16.3 Å². The van der Waals surface area contributed by atoms with Crippen molar-refractivity contribution in [2.75, 3.05) is 6.61 Å². The Morgan fingerprint density at radius 3 is 2.95 bits per heavy atom. The van der Waals surface area contributed by atoms with Gasteiger partial charge >= 0.3 is 5.97 Å². The van der Waals surface area contributed by atoms with Crippen molar-refractivity contribution in [3.63, 3.8) is 0 Å². The number of aromatic nitrogens is 2. The number of hydrogen-bond donors (Lipinski definition) is 0. The molecule has 1 aromatic heterocycles. The summed E-state index contributed by atoms with van der Waals surface area (Å²) in [5, 5.41) is 11.3. The Morgan fingerprint density at radius 2 is 2.30 bits per heavy atom. The second-order valence-electron chi connectivity index (χ2n) is 3.73. The van der Waals surface area contributed by atoms with Gasteiger partial charge in [0.2, 0.25) is 5.82 Å². The molecular weight excluding hydrogens is 286 g/mol. The summed E-state index contributed by atoms with van der Waals surface area (Å²) in [5.41, 5.74) is -0.0269. The Balaban J connectivity index is 2.55. The Kier molecular flexibility index (Phi) is 3.99. The highest BCUT2D eigenvalue weighted by Crippen LogP contribution is 2.27. The predicted molar refractivity (Wildman–Crippen MR) is 71.2 cm³/mol. The van der Waals surface area contributed by atoms with E-state index in [-0.39, 0.29) is 28.8 Å². The number of esters is 1. The molecular formula is C12H10ClN3O4. The Hall–Kier alpha value is -2.41. The van der Waals surface area contributed by atoms with E-state index in [9.17, 15) is 14.9 Å². The number of ether oxygens (including phenoxy) is 1. The van der Waals surface area contributed by atoms with E-state index in [1.165, 1.54) is 35.2 Å². The number of nitro groups is 1. The molecule has 1 heterocycles. The van der Waals surface area contributed by atoms with E-state index < -0.39 is 10.9 Å². The van der Waals surface area contributed by atoms with Crippen LogP contribution in [0, 0.1) is 10.1 Å². The van der Waals surface area contributed by atoms with Crippen molar-refractivity contribution in [3.05, 3.63) is 51.6 Å². The molecule has 0 fully saturated rings.